The fourth-order valence-corrected chi connectivity index (χ4v) is 4.93. The van der Waals surface area contributed by atoms with E-state index in [0.717, 1.165) is 0 Å². The van der Waals surface area contributed by atoms with Gasteiger partial charge in [0.25, 0.3) is 5.69 Å². The first-order chi connectivity index (χ1) is 18.2. The summed E-state index contributed by atoms with van der Waals surface area (Å²) in [6.45, 7) is 5.04. The average Bonchev–Trinajstić information content (AvgIpc) is 3.35. The number of esters is 2. The summed E-state index contributed by atoms with van der Waals surface area (Å²) in [5.74, 6) is -3.42. The molecule has 38 heavy (non-hydrogen) atoms. The maximum absolute atomic E-state index is 13.4. The van der Waals surface area contributed by atoms with E-state index < -0.39 is 40.2 Å². The number of hydrazone groups is 1. The van der Waals surface area contributed by atoms with Gasteiger partial charge in [-0.2, -0.15) is 5.10 Å². The molecule has 2 aliphatic rings. The minimum atomic E-state index is -1.65. The SMILES string of the molecule is CCOC(=O)[C@@H]1/C(=N/Nc2ccc([N+](=O)[O-])cc2)C[C@](C)(O)[C@@H](C(=O)OCC)[C@H]1c1ccc2c(c1)OCO2. The number of fused-ring (bicyclic) bond motifs is 1. The third-order valence-corrected chi connectivity index (χ3v) is 6.56. The van der Waals surface area contributed by atoms with Crippen molar-refractivity contribution >= 4 is 29.0 Å². The number of rotatable bonds is 8. The number of ether oxygens (including phenoxy) is 4. The summed E-state index contributed by atoms with van der Waals surface area (Å²) >= 11 is 0. The van der Waals surface area contributed by atoms with Crippen LogP contribution in [0.2, 0.25) is 0 Å². The molecular weight excluding hydrogens is 498 g/mol. The van der Waals surface area contributed by atoms with Crippen LogP contribution in [0, 0.1) is 22.0 Å². The van der Waals surface area contributed by atoms with Crippen LogP contribution >= 0.6 is 0 Å². The fraction of sp³-hybridized carbons (Fsp3) is 0.423. The Morgan fingerprint density at radius 2 is 1.76 bits per heavy atom. The number of hydrogen-bond donors (Lipinski definition) is 2. The molecule has 0 spiro atoms. The van der Waals surface area contributed by atoms with Crippen LogP contribution in [-0.4, -0.2) is 53.3 Å². The molecule has 0 unspecified atom stereocenters. The van der Waals surface area contributed by atoms with E-state index in [0.29, 0.717) is 22.7 Å². The highest BCUT2D eigenvalue weighted by atomic mass is 16.7. The summed E-state index contributed by atoms with van der Waals surface area (Å²) < 4.78 is 21.6. The molecule has 4 atom stereocenters. The van der Waals surface area contributed by atoms with Gasteiger partial charge < -0.3 is 24.1 Å². The highest BCUT2D eigenvalue weighted by Crippen LogP contribution is 2.49. The van der Waals surface area contributed by atoms with Crippen molar-refractivity contribution in [3.8, 4) is 11.5 Å². The molecule has 202 valence electrons. The Kier molecular flexibility index (Phi) is 7.81. The molecule has 2 N–H and O–H groups in total. The van der Waals surface area contributed by atoms with E-state index in [4.69, 9.17) is 18.9 Å². The van der Waals surface area contributed by atoms with E-state index in [1.165, 1.54) is 31.2 Å². The Labute approximate surface area is 218 Å². The van der Waals surface area contributed by atoms with E-state index >= 15 is 0 Å². The lowest BCUT2D eigenvalue weighted by atomic mass is 9.61. The van der Waals surface area contributed by atoms with Gasteiger partial charge in [-0.1, -0.05) is 6.07 Å². The van der Waals surface area contributed by atoms with E-state index in [1.54, 1.807) is 32.0 Å². The molecule has 0 bridgehead atoms. The van der Waals surface area contributed by atoms with E-state index in [1.807, 2.05) is 0 Å². The number of nitrogens with zero attached hydrogens (tertiary/aromatic N) is 2. The molecule has 4 rings (SSSR count). The molecule has 1 aliphatic heterocycles. The van der Waals surface area contributed by atoms with Gasteiger partial charge in [0.15, 0.2) is 11.5 Å². The monoisotopic (exact) mass is 527 g/mol. The lowest BCUT2D eigenvalue weighted by Crippen LogP contribution is -2.55. The van der Waals surface area contributed by atoms with E-state index in [2.05, 4.69) is 10.5 Å². The minimum absolute atomic E-state index is 0.0373. The zero-order valence-corrected chi connectivity index (χ0v) is 21.2. The smallest absolute Gasteiger partial charge is 0.315 e. The number of aliphatic hydroxyl groups is 1. The summed E-state index contributed by atoms with van der Waals surface area (Å²) in [6.07, 6.45) is -0.138. The molecule has 0 saturated heterocycles. The number of carbonyl (C=O) groups is 2. The van der Waals surface area contributed by atoms with Crippen molar-refractivity contribution in [3.05, 3.63) is 58.1 Å². The first kappa shape index (κ1) is 26.9. The van der Waals surface area contributed by atoms with Crippen molar-refractivity contribution < 1.29 is 38.6 Å². The second kappa shape index (κ2) is 11.1. The number of hydrogen-bond acceptors (Lipinski definition) is 11. The summed E-state index contributed by atoms with van der Waals surface area (Å²) in [5, 5.41) is 26.9. The number of non-ortho nitro benzene ring substituents is 1. The Balaban J connectivity index is 1.80. The molecule has 12 heteroatoms. The summed E-state index contributed by atoms with van der Waals surface area (Å²) in [5.41, 5.74) is 2.29. The van der Waals surface area contributed by atoms with Gasteiger partial charge in [0, 0.05) is 24.5 Å². The molecule has 0 radical (unpaired) electrons. The van der Waals surface area contributed by atoms with Crippen LogP contribution in [-0.2, 0) is 19.1 Å². The maximum Gasteiger partial charge on any atom is 0.315 e. The van der Waals surface area contributed by atoms with Crippen LogP contribution in [0.15, 0.2) is 47.6 Å². The summed E-state index contributed by atoms with van der Waals surface area (Å²) in [4.78, 5) is 37.1. The quantitative estimate of drug-likeness (QED) is 0.296. The maximum atomic E-state index is 13.4. The number of carbonyl (C=O) groups excluding carboxylic acids is 2. The third kappa shape index (κ3) is 5.40. The Morgan fingerprint density at radius 1 is 1.11 bits per heavy atom. The minimum Gasteiger partial charge on any atom is -0.466 e. The lowest BCUT2D eigenvalue weighted by Gasteiger charge is -2.45. The van der Waals surface area contributed by atoms with Gasteiger partial charge in [-0.25, -0.2) is 0 Å². The first-order valence-corrected chi connectivity index (χ1v) is 12.2. The van der Waals surface area contributed by atoms with Gasteiger partial charge in [0.2, 0.25) is 6.79 Å². The van der Waals surface area contributed by atoms with Crippen LogP contribution in [0.1, 0.15) is 38.7 Å². The van der Waals surface area contributed by atoms with Gasteiger partial charge in [-0.15, -0.1) is 0 Å². The molecule has 1 aliphatic carbocycles. The van der Waals surface area contributed by atoms with Crippen LogP contribution < -0.4 is 14.9 Å². The van der Waals surface area contributed by atoms with Crippen molar-refractivity contribution in [2.45, 2.75) is 38.7 Å². The van der Waals surface area contributed by atoms with Crippen molar-refractivity contribution in [2.24, 2.45) is 16.9 Å². The van der Waals surface area contributed by atoms with Gasteiger partial charge in [0.05, 0.1) is 41.1 Å². The predicted molar refractivity (Wildman–Crippen MR) is 135 cm³/mol. The van der Waals surface area contributed by atoms with E-state index in [-0.39, 0.29) is 37.8 Å². The van der Waals surface area contributed by atoms with Gasteiger partial charge in [-0.3, -0.25) is 25.1 Å². The van der Waals surface area contributed by atoms with Crippen molar-refractivity contribution in [1.29, 1.82) is 0 Å². The molecule has 0 amide bonds. The number of benzene rings is 2. The van der Waals surface area contributed by atoms with Gasteiger partial charge >= 0.3 is 11.9 Å². The second-order valence-corrected chi connectivity index (χ2v) is 9.15. The zero-order chi connectivity index (χ0) is 27.4. The molecule has 1 heterocycles. The molecule has 1 fully saturated rings. The largest absolute Gasteiger partial charge is 0.466 e. The highest BCUT2D eigenvalue weighted by molar-refractivity contribution is 6.06. The van der Waals surface area contributed by atoms with Crippen LogP contribution in [0.25, 0.3) is 0 Å². The molecular formula is C26H29N3O9. The third-order valence-electron chi connectivity index (χ3n) is 6.56. The first-order valence-electron chi connectivity index (χ1n) is 12.2. The lowest BCUT2D eigenvalue weighted by molar-refractivity contribution is -0.384. The number of nitro groups is 1. The van der Waals surface area contributed by atoms with Crippen LogP contribution in [0.4, 0.5) is 11.4 Å². The Bertz CT molecular complexity index is 1240. The molecule has 0 aromatic heterocycles. The van der Waals surface area contributed by atoms with Crippen molar-refractivity contribution in [2.75, 3.05) is 25.4 Å². The molecule has 2 aromatic rings. The molecule has 1 saturated carbocycles. The standard InChI is InChI=1S/C26H29N3O9/c1-4-35-24(30)22-18(28-27-16-7-9-17(10-8-16)29(33)34)13-26(3,32)23(25(31)36-5-2)21(22)15-6-11-19-20(12-15)38-14-37-19/h6-12,21-23,27,32H,4-5,13-14H2,1-3H3/b28-18+/t21-,22+,23+,26-/m0/s1. The zero-order valence-electron chi connectivity index (χ0n) is 21.2. The number of anilines is 1. The fourth-order valence-electron chi connectivity index (χ4n) is 4.93. The second-order valence-electron chi connectivity index (χ2n) is 9.15. The highest BCUT2D eigenvalue weighted by Gasteiger charge is 2.56. The summed E-state index contributed by atoms with van der Waals surface area (Å²) in [6, 6.07) is 10.6. The normalized spacial score (nSPS) is 25.1. The summed E-state index contributed by atoms with van der Waals surface area (Å²) in [7, 11) is 0. The number of nitro benzene ring substituents is 1. The topological polar surface area (TPSA) is 159 Å². The van der Waals surface area contributed by atoms with Crippen LogP contribution in [0.3, 0.4) is 0 Å². The number of nitrogens with one attached hydrogen (secondary N) is 1. The molecule has 12 nitrogen and oxygen atoms in total. The van der Waals surface area contributed by atoms with Crippen molar-refractivity contribution in [3.63, 3.8) is 0 Å². The van der Waals surface area contributed by atoms with Gasteiger partial charge in [-0.05, 0) is 50.6 Å². The predicted octanol–water partition coefficient (Wildman–Crippen LogP) is 3.39. The Hall–Kier alpha value is -4.19. The van der Waals surface area contributed by atoms with Gasteiger partial charge in [0.1, 0.15) is 5.92 Å². The van der Waals surface area contributed by atoms with Crippen molar-refractivity contribution in [1.82, 2.24) is 0 Å². The molecule has 2 aromatic carbocycles. The van der Waals surface area contributed by atoms with E-state index in [9.17, 15) is 24.8 Å². The van der Waals surface area contributed by atoms with Crippen LogP contribution in [0.5, 0.6) is 11.5 Å². The Morgan fingerprint density at radius 3 is 2.42 bits per heavy atom. The average molecular weight is 528 g/mol.